The molecule has 0 aliphatic carbocycles. The summed E-state index contributed by atoms with van der Waals surface area (Å²) in [5, 5.41) is 15.7. The second-order valence-corrected chi connectivity index (χ2v) is 9.60. The topological polar surface area (TPSA) is 62.2 Å². The third kappa shape index (κ3) is 5.49. The van der Waals surface area contributed by atoms with Crippen LogP contribution in [0.5, 0.6) is 5.75 Å². The molecule has 0 aliphatic rings. The van der Waals surface area contributed by atoms with Gasteiger partial charge in [-0.1, -0.05) is 86.6 Å². The Morgan fingerprint density at radius 3 is 2.30 bits per heavy atom. The number of carbonyl (C=O) groups is 1. The number of hydrogen-bond acceptors (Lipinski definition) is 4. The van der Waals surface area contributed by atoms with Crippen LogP contribution in [0, 0.1) is 5.41 Å². The molecule has 0 spiro atoms. The van der Waals surface area contributed by atoms with Gasteiger partial charge in [0.2, 0.25) is 5.91 Å². The first kappa shape index (κ1) is 22.7. The highest BCUT2D eigenvalue weighted by Gasteiger charge is 2.39. The zero-order valence-electron chi connectivity index (χ0n) is 18.9. The molecule has 0 radical (unpaired) electrons. The second kappa shape index (κ2) is 10.0. The molecule has 1 atom stereocenters. The van der Waals surface area contributed by atoms with Crippen LogP contribution in [0.2, 0.25) is 0 Å². The predicted molar refractivity (Wildman–Crippen MR) is 135 cm³/mol. The zero-order valence-corrected chi connectivity index (χ0v) is 19.7. The number of anilines is 1. The van der Waals surface area contributed by atoms with Gasteiger partial charge in [0.05, 0.1) is 11.1 Å². The summed E-state index contributed by atoms with van der Waals surface area (Å²) in [5.74, 6) is -0.153. The number of phenolic OH excluding ortho intramolecular Hbond substituents is 1. The molecule has 33 heavy (non-hydrogen) atoms. The van der Waals surface area contributed by atoms with Gasteiger partial charge in [0.15, 0.2) is 5.13 Å². The Balaban J connectivity index is 1.52. The van der Waals surface area contributed by atoms with E-state index in [9.17, 15) is 9.90 Å². The van der Waals surface area contributed by atoms with Gasteiger partial charge in [0.25, 0.3) is 0 Å². The molecule has 0 saturated heterocycles. The van der Waals surface area contributed by atoms with Crippen molar-refractivity contribution >= 4 is 22.4 Å². The number of hydrogen-bond donors (Lipinski definition) is 2. The maximum absolute atomic E-state index is 13.5. The summed E-state index contributed by atoms with van der Waals surface area (Å²) in [7, 11) is 0. The van der Waals surface area contributed by atoms with Crippen LogP contribution < -0.4 is 5.32 Å². The van der Waals surface area contributed by atoms with Gasteiger partial charge in [-0.2, -0.15) is 0 Å². The summed E-state index contributed by atoms with van der Waals surface area (Å²) in [5.41, 5.74) is 3.37. The van der Waals surface area contributed by atoms with E-state index in [1.54, 1.807) is 12.1 Å². The molecule has 0 fully saturated rings. The molecule has 3 aromatic carbocycles. The van der Waals surface area contributed by atoms with Crippen LogP contribution in [-0.4, -0.2) is 16.0 Å². The first-order chi connectivity index (χ1) is 15.9. The van der Waals surface area contributed by atoms with Crippen LogP contribution in [-0.2, 0) is 17.6 Å². The number of aromatic nitrogens is 1. The maximum Gasteiger partial charge on any atom is 0.232 e. The summed E-state index contributed by atoms with van der Waals surface area (Å²) in [6.07, 6.45) is 1.74. The Labute approximate surface area is 199 Å². The highest BCUT2D eigenvalue weighted by molar-refractivity contribution is 7.13. The molecule has 0 aliphatic heterocycles. The number of amides is 1. The largest absolute Gasteiger partial charge is 0.508 e. The van der Waals surface area contributed by atoms with Crippen molar-refractivity contribution in [3.8, 4) is 5.75 Å². The van der Waals surface area contributed by atoms with Crippen LogP contribution in [0.3, 0.4) is 0 Å². The van der Waals surface area contributed by atoms with Crippen molar-refractivity contribution in [1.82, 2.24) is 4.98 Å². The lowest BCUT2D eigenvalue weighted by Gasteiger charge is -2.33. The van der Waals surface area contributed by atoms with Crippen molar-refractivity contribution in [2.75, 3.05) is 5.32 Å². The SMILES string of the molecule is CC(C)(C(=O)Nc1nc(CCc2ccccc2)cs1)C(c1ccccc1)c1cccc(O)c1. The van der Waals surface area contributed by atoms with E-state index in [1.807, 2.05) is 79.9 Å². The van der Waals surface area contributed by atoms with Crippen molar-refractivity contribution < 1.29 is 9.90 Å². The van der Waals surface area contributed by atoms with Gasteiger partial charge in [-0.3, -0.25) is 4.79 Å². The number of phenols is 1. The van der Waals surface area contributed by atoms with Crippen LogP contribution in [0.25, 0.3) is 0 Å². The Kier molecular flexibility index (Phi) is 6.90. The zero-order chi connectivity index (χ0) is 23.3. The molecule has 1 unspecified atom stereocenters. The van der Waals surface area contributed by atoms with Gasteiger partial charge in [-0.15, -0.1) is 11.3 Å². The fourth-order valence-corrected chi connectivity index (χ4v) is 4.90. The third-order valence-electron chi connectivity index (χ3n) is 5.93. The molecule has 1 amide bonds. The molecule has 1 aromatic heterocycles. The summed E-state index contributed by atoms with van der Waals surface area (Å²) in [6.45, 7) is 3.88. The normalized spacial score (nSPS) is 12.3. The van der Waals surface area contributed by atoms with E-state index in [-0.39, 0.29) is 17.6 Å². The van der Waals surface area contributed by atoms with E-state index in [1.165, 1.54) is 16.9 Å². The average Bonchev–Trinajstić information content (AvgIpc) is 3.26. The fourth-order valence-electron chi connectivity index (χ4n) is 4.16. The minimum absolute atomic E-state index is 0.108. The number of nitrogens with zero attached hydrogens (tertiary/aromatic N) is 1. The van der Waals surface area contributed by atoms with E-state index in [4.69, 9.17) is 0 Å². The Morgan fingerprint density at radius 1 is 0.939 bits per heavy atom. The van der Waals surface area contributed by atoms with Gasteiger partial charge >= 0.3 is 0 Å². The molecule has 4 nitrogen and oxygen atoms in total. The monoisotopic (exact) mass is 456 g/mol. The molecule has 0 saturated carbocycles. The van der Waals surface area contributed by atoms with Crippen molar-refractivity contribution in [3.05, 3.63) is 113 Å². The van der Waals surface area contributed by atoms with Gasteiger partial charge in [-0.25, -0.2) is 4.98 Å². The van der Waals surface area contributed by atoms with Crippen molar-refractivity contribution in [3.63, 3.8) is 0 Å². The molecule has 0 bridgehead atoms. The summed E-state index contributed by atoms with van der Waals surface area (Å²) < 4.78 is 0. The van der Waals surface area contributed by atoms with Crippen molar-refractivity contribution in [1.29, 1.82) is 0 Å². The number of thiazole rings is 1. The molecule has 168 valence electrons. The predicted octanol–water partition coefficient (Wildman–Crippen LogP) is 6.43. The molecule has 1 heterocycles. The number of carbonyl (C=O) groups excluding carboxylic acids is 1. The minimum atomic E-state index is -0.787. The van der Waals surface area contributed by atoms with E-state index >= 15 is 0 Å². The van der Waals surface area contributed by atoms with E-state index in [0.29, 0.717) is 5.13 Å². The molecular weight excluding hydrogens is 428 g/mol. The Bertz CT molecular complexity index is 1200. The smallest absolute Gasteiger partial charge is 0.232 e. The molecule has 4 aromatic rings. The molecule has 2 N–H and O–H groups in total. The maximum atomic E-state index is 13.5. The van der Waals surface area contributed by atoms with E-state index in [0.717, 1.165) is 29.7 Å². The van der Waals surface area contributed by atoms with Crippen molar-refractivity contribution in [2.24, 2.45) is 5.41 Å². The number of nitrogens with one attached hydrogen (secondary N) is 1. The number of benzene rings is 3. The number of rotatable bonds is 8. The lowest BCUT2D eigenvalue weighted by Crippen LogP contribution is -2.37. The molecular formula is C28H28N2O2S. The van der Waals surface area contributed by atoms with Gasteiger partial charge in [0, 0.05) is 11.3 Å². The fraction of sp³-hybridized carbons (Fsp3) is 0.214. The quantitative estimate of drug-likeness (QED) is 0.321. The molecule has 4 rings (SSSR count). The lowest BCUT2D eigenvalue weighted by molar-refractivity contribution is -0.124. The van der Waals surface area contributed by atoms with Crippen LogP contribution >= 0.6 is 11.3 Å². The Morgan fingerprint density at radius 2 is 1.61 bits per heavy atom. The Hall–Kier alpha value is -3.44. The summed E-state index contributed by atoms with van der Waals surface area (Å²) in [6, 6.07) is 27.4. The highest BCUT2D eigenvalue weighted by atomic mass is 32.1. The highest BCUT2D eigenvalue weighted by Crippen LogP contribution is 2.42. The summed E-state index contributed by atoms with van der Waals surface area (Å²) in [4.78, 5) is 18.1. The van der Waals surface area contributed by atoms with Crippen LogP contribution in [0.15, 0.2) is 90.3 Å². The van der Waals surface area contributed by atoms with E-state index < -0.39 is 5.41 Å². The average molecular weight is 457 g/mol. The lowest BCUT2D eigenvalue weighted by atomic mass is 9.70. The number of aromatic hydroxyl groups is 1. The second-order valence-electron chi connectivity index (χ2n) is 8.74. The minimum Gasteiger partial charge on any atom is -0.508 e. The van der Waals surface area contributed by atoms with E-state index in [2.05, 4.69) is 22.4 Å². The van der Waals surface area contributed by atoms with Gasteiger partial charge in [0.1, 0.15) is 5.75 Å². The van der Waals surface area contributed by atoms with Gasteiger partial charge in [-0.05, 0) is 41.7 Å². The van der Waals surface area contributed by atoms with Crippen LogP contribution in [0.4, 0.5) is 5.13 Å². The summed E-state index contributed by atoms with van der Waals surface area (Å²) >= 11 is 1.45. The first-order valence-electron chi connectivity index (χ1n) is 11.1. The standard InChI is InChI=1S/C28H28N2O2S/c1-28(2,25(21-12-7-4-8-13-21)22-14-9-15-24(31)18-22)26(32)30-27-29-23(19-33-27)17-16-20-10-5-3-6-11-20/h3-15,18-19,25,31H,16-17H2,1-2H3,(H,29,30,32). The van der Waals surface area contributed by atoms with Crippen molar-refractivity contribution in [2.45, 2.75) is 32.6 Å². The first-order valence-corrected chi connectivity index (χ1v) is 11.9. The van der Waals surface area contributed by atoms with Gasteiger partial charge < -0.3 is 10.4 Å². The number of aryl methyl sites for hydroxylation is 2. The van der Waals surface area contributed by atoms with Crippen LogP contribution in [0.1, 0.15) is 42.1 Å². The third-order valence-corrected chi connectivity index (χ3v) is 6.73. The molecule has 5 heteroatoms.